The summed E-state index contributed by atoms with van der Waals surface area (Å²) in [6.45, 7) is 2.76. The van der Waals surface area contributed by atoms with E-state index < -0.39 is 0 Å². The van der Waals surface area contributed by atoms with E-state index in [2.05, 4.69) is 15.5 Å². The number of carbonyl (C=O) groups is 1. The number of carbonyl (C=O) groups excluding carboxylic acids is 1. The van der Waals surface area contributed by atoms with E-state index >= 15 is 0 Å². The number of aryl methyl sites for hydroxylation is 1. The molecule has 0 atom stereocenters. The van der Waals surface area contributed by atoms with Gasteiger partial charge in [0.25, 0.3) is 5.91 Å². The number of benzene rings is 2. The highest BCUT2D eigenvalue weighted by atomic mass is 35.5. The van der Waals surface area contributed by atoms with E-state index in [4.69, 9.17) is 16.3 Å². The molecule has 0 fully saturated rings. The lowest BCUT2D eigenvalue weighted by atomic mass is 10.2. The number of hydrogen-bond donors (Lipinski definition) is 1. The maximum Gasteiger partial charge on any atom is 0.276 e. The number of nitrogens with zero attached hydrogens (tertiary/aromatic N) is 4. The number of aromatic nitrogens is 4. The molecule has 0 aliphatic rings. The Morgan fingerprint density at radius 3 is 2.80 bits per heavy atom. The zero-order chi connectivity index (χ0) is 20.9. The number of amides is 1. The van der Waals surface area contributed by atoms with Gasteiger partial charge in [0.05, 0.1) is 17.8 Å². The zero-order valence-corrected chi connectivity index (χ0v) is 17.1. The monoisotopic (exact) mass is 421 g/mol. The summed E-state index contributed by atoms with van der Waals surface area (Å²) in [7, 11) is 0. The summed E-state index contributed by atoms with van der Waals surface area (Å²) in [4.78, 5) is 12.6. The Morgan fingerprint density at radius 1 is 1.13 bits per heavy atom. The zero-order valence-electron chi connectivity index (χ0n) is 16.3. The quantitative estimate of drug-likeness (QED) is 0.480. The number of halogens is 1. The highest BCUT2D eigenvalue weighted by Crippen LogP contribution is 2.17. The summed E-state index contributed by atoms with van der Waals surface area (Å²) in [5.41, 5.74) is 3.03. The van der Waals surface area contributed by atoms with Crippen molar-refractivity contribution < 1.29 is 9.53 Å². The van der Waals surface area contributed by atoms with Gasteiger partial charge in [-0.2, -0.15) is 10.2 Å². The second kappa shape index (κ2) is 8.84. The summed E-state index contributed by atoms with van der Waals surface area (Å²) in [6, 6.07) is 17.0. The molecule has 0 saturated heterocycles. The first kappa shape index (κ1) is 19.7. The van der Waals surface area contributed by atoms with Gasteiger partial charge >= 0.3 is 0 Å². The third-order valence-electron chi connectivity index (χ3n) is 4.45. The van der Waals surface area contributed by atoms with Crippen molar-refractivity contribution in [2.75, 3.05) is 5.32 Å². The van der Waals surface area contributed by atoms with Gasteiger partial charge in [-0.1, -0.05) is 41.9 Å². The van der Waals surface area contributed by atoms with Gasteiger partial charge in [-0.3, -0.25) is 9.48 Å². The van der Waals surface area contributed by atoms with E-state index in [1.807, 2.05) is 55.5 Å². The molecule has 152 valence electrons. The van der Waals surface area contributed by atoms with E-state index in [0.29, 0.717) is 22.9 Å². The SMILES string of the molecule is Cc1ccccc1OCn1ccc(C(=O)Nc2cccc(Cn3cc(Cl)cn3)c2)n1. The van der Waals surface area contributed by atoms with Gasteiger partial charge in [0.15, 0.2) is 12.4 Å². The van der Waals surface area contributed by atoms with Crippen molar-refractivity contribution in [2.24, 2.45) is 0 Å². The molecule has 0 radical (unpaired) electrons. The fourth-order valence-corrected chi connectivity index (χ4v) is 3.12. The second-order valence-electron chi connectivity index (χ2n) is 6.79. The van der Waals surface area contributed by atoms with Crippen LogP contribution in [0.15, 0.2) is 73.2 Å². The van der Waals surface area contributed by atoms with Gasteiger partial charge in [-0.15, -0.1) is 0 Å². The summed E-state index contributed by atoms with van der Waals surface area (Å²) >= 11 is 5.90. The molecule has 7 nitrogen and oxygen atoms in total. The molecule has 1 amide bonds. The molecular formula is C22H20ClN5O2. The summed E-state index contributed by atoms with van der Waals surface area (Å²) in [6.07, 6.45) is 5.05. The number of ether oxygens (including phenoxy) is 1. The Kier molecular flexibility index (Phi) is 5.81. The highest BCUT2D eigenvalue weighted by Gasteiger charge is 2.11. The maximum atomic E-state index is 12.6. The van der Waals surface area contributed by atoms with Gasteiger partial charge in [0, 0.05) is 18.1 Å². The van der Waals surface area contributed by atoms with Gasteiger partial charge in [-0.05, 0) is 42.3 Å². The second-order valence-corrected chi connectivity index (χ2v) is 7.23. The lowest BCUT2D eigenvalue weighted by molar-refractivity contribution is 0.102. The van der Waals surface area contributed by atoms with Crippen LogP contribution in [0.2, 0.25) is 5.02 Å². The normalized spacial score (nSPS) is 10.7. The molecule has 0 saturated carbocycles. The maximum absolute atomic E-state index is 12.6. The fraction of sp³-hybridized carbons (Fsp3) is 0.136. The summed E-state index contributed by atoms with van der Waals surface area (Å²) in [5.74, 6) is 0.498. The van der Waals surface area contributed by atoms with Crippen LogP contribution in [0.25, 0.3) is 0 Å². The number of anilines is 1. The molecule has 0 spiro atoms. The number of rotatable bonds is 7. The largest absolute Gasteiger partial charge is 0.471 e. The van der Waals surface area contributed by atoms with Crippen molar-refractivity contribution in [1.82, 2.24) is 19.6 Å². The van der Waals surface area contributed by atoms with Crippen molar-refractivity contribution in [1.29, 1.82) is 0 Å². The van der Waals surface area contributed by atoms with Crippen LogP contribution in [-0.2, 0) is 13.3 Å². The minimum Gasteiger partial charge on any atom is -0.471 e. The molecule has 0 unspecified atom stereocenters. The molecule has 4 aromatic rings. The molecule has 4 rings (SSSR count). The third kappa shape index (κ3) is 4.87. The minimum atomic E-state index is -0.288. The van der Waals surface area contributed by atoms with Crippen LogP contribution < -0.4 is 10.1 Å². The Hall–Kier alpha value is -3.58. The van der Waals surface area contributed by atoms with Crippen LogP contribution >= 0.6 is 11.6 Å². The first-order valence-electron chi connectivity index (χ1n) is 9.37. The minimum absolute atomic E-state index is 0.222. The lowest BCUT2D eigenvalue weighted by Crippen LogP contribution is -2.14. The third-order valence-corrected chi connectivity index (χ3v) is 4.65. The van der Waals surface area contributed by atoms with Crippen LogP contribution in [0, 0.1) is 6.92 Å². The van der Waals surface area contributed by atoms with Gasteiger partial charge in [0.2, 0.25) is 0 Å². The average Bonchev–Trinajstić information content (AvgIpc) is 3.37. The molecule has 2 aromatic heterocycles. The van der Waals surface area contributed by atoms with Crippen molar-refractivity contribution in [3.05, 3.63) is 95.0 Å². The average molecular weight is 422 g/mol. The van der Waals surface area contributed by atoms with E-state index in [9.17, 15) is 4.79 Å². The summed E-state index contributed by atoms with van der Waals surface area (Å²) < 4.78 is 9.08. The topological polar surface area (TPSA) is 74.0 Å². The predicted molar refractivity (Wildman–Crippen MR) is 115 cm³/mol. The standard InChI is InChI=1S/C22H20ClN5O2/c1-16-5-2-3-8-21(16)30-15-27-10-9-20(26-27)22(29)25-19-7-4-6-17(11-19)13-28-14-18(23)12-24-28/h2-12,14H,13,15H2,1H3,(H,25,29). The molecule has 30 heavy (non-hydrogen) atoms. The van der Waals surface area contributed by atoms with Crippen molar-refractivity contribution in [3.8, 4) is 5.75 Å². The fourth-order valence-electron chi connectivity index (χ4n) is 2.96. The van der Waals surface area contributed by atoms with Gasteiger partial charge in [0.1, 0.15) is 5.75 Å². The van der Waals surface area contributed by atoms with E-state index in [1.165, 1.54) is 0 Å². The predicted octanol–water partition coefficient (Wildman–Crippen LogP) is 4.38. The Labute approximate surface area is 178 Å². The molecule has 2 aromatic carbocycles. The summed E-state index contributed by atoms with van der Waals surface area (Å²) in [5, 5.41) is 11.9. The first-order valence-corrected chi connectivity index (χ1v) is 9.75. The molecule has 8 heteroatoms. The molecule has 2 heterocycles. The van der Waals surface area contributed by atoms with Crippen molar-refractivity contribution >= 4 is 23.2 Å². The van der Waals surface area contributed by atoms with Crippen molar-refractivity contribution in [2.45, 2.75) is 20.2 Å². The van der Waals surface area contributed by atoms with Crippen molar-refractivity contribution in [3.63, 3.8) is 0 Å². The van der Waals surface area contributed by atoms with Crippen LogP contribution in [-0.4, -0.2) is 25.5 Å². The molecule has 0 bridgehead atoms. The van der Waals surface area contributed by atoms with Gasteiger partial charge in [-0.25, -0.2) is 4.68 Å². The Bertz CT molecular complexity index is 1170. The Balaban J connectivity index is 1.37. The van der Waals surface area contributed by atoms with Gasteiger partial charge < -0.3 is 10.1 Å². The van der Waals surface area contributed by atoms with Crippen LogP contribution in [0.1, 0.15) is 21.6 Å². The number of hydrogen-bond acceptors (Lipinski definition) is 4. The molecule has 0 aliphatic carbocycles. The van der Waals surface area contributed by atoms with Crippen LogP contribution in [0.3, 0.4) is 0 Å². The molecule has 0 aliphatic heterocycles. The number of nitrogens with one attached hydrogen (secondary N) is 1. The van der Waals surface area contributed by atoms with E-state index in [0.717, 1.165) is 16.9 Å². The smallest absolute Gasteiger partial charge is 0.276 e. The van der Waals surface area contributed by atoms with E-state index in [1.54, 1.807) is 34.0 Å². The first-order chi connectivity index (χ1) is 14.6. The molecule has 1 N–H and O–H groups in total. The molecular weight excluding hydrogens is 402 g/mol. The van der Waals surface area contributed by atoms with Crippen LogP contribution in [0.4, 0.5) is 5.69 Å². The highest BCUT2D eigenvalue weighted by molar-refractivity contribution is 6.30. The lowest BCUT2D eigenvalue weighted by Gasteiger charge is -2.08. The Morgan fingerprint density at radius 2 is 2.00 bits per heavy atom. The van der Waals surface area contributed by atoms with E-state index in [-0.39, 0.29) is 12.6 Å². The van der Waals surface area contributed by atoms with Crippen LogP contribution in [0.5, 0.6) is 5.75 Å². The number of para-hydroxylation sites is 1.